The Labute approximate surface area is 95.0 Å². The molecule has 5 nitrogen and oxygen atoms in total. The minimum atomic E-state index is -0.430. The van der Waals surface area contributed by atoms with Crippen molar-refractivity contribution in [2.24, 2.45) is 0 Å². The van der Waals surface area contributed by atoms with E-state index in [1.54, 1.807) is 7.05 Å². The standard InChI is InChI=1S/C9H12BrN3O2/c1-6(3-11-2)4-13-5-7(10)8(14)12-9(13)15/h5,11H,1,3-4H2,2H3,(H,12,14,15). The van der Waals surface area contributed by atoms with Gasteiger partial charge in [0.2, 0.25) is 0 Å². The van der Waals surface area contributed by atoms with Crippen LogP contribution < -0.4 is 16.6 Å². The van der Waals surface area contributed by atoms with Crippen molar-refractivity contribution in [2.75, 3.05) is 13.6 Å². The van der Waals surface area contributed by atoms with Gasteiger partial charge in [-0.15, -0.1) is 0 Å². The Hall–Kier alpha value is -1.14. The number of H-pyrrole nitrogens is 1. The lowest BCUT2D eigenvalue weighted by molar-refractivity contribution is 0.682. The van der Waals surface area contributed by atoms with Crippen LogP contribution in [0, 0.1) is 0 Å². The van der Waals surface area contributed by atoms with Gasteiger partial charge < -0.3 is 5.32 Å². The molecule has 0 radical (unpaired) electrons. The van der Waals surface area contributed by atoms with Crippen molar-refractivity contribution in [1.82, 2.24) is 14.9 Å². The number of likely N-dealkylation sites (N-methyl/N-ethyl adjacent to an activating group) is 1. The molecule has 0 aromatic carbocycles. The molecule has 15 heavy (non-hydrogen) atoms. The summed E-state index contributed by atoms with van der Waals surface area (Å²) in [6, 6.07) is 0. The van der Waals surface area contributed by atoms with Gasteiger partial charge in [0, 0.05) is 19.3 Å². The molecule has 0 fully saturated rings. The second kappa shape index (κ2) is 5.09. The Morgan fingerprint density at radius 2 is 2.33 bits per heavy atom. The van der Waals surface area contributed by atoms with Crippen molar-refractivity contribution in [1.29, 1.82) is 0 Å². The van der Waals surface area contributed by atoms with Crippen LogP contribution in [0.5, 0.6) is 0 Å². The van der Waals surface area contributed by atoms with Crippen molar-refractivity contribution < 1.29 is 0 Å². The molecule has 6 heteroatoms. The van der Waals surface area contributed by atoms with Gasteiger partial charge in [-0.2, -0.15) is 0 Å². The van der Waals surface area contributed by atoms with Crippen LogP contribution in [0.1, 0.15) is 0 Å². The Bertz CT molecular complexity index is 475. The lowest BCUT2D eigenvalue weighted by atomic mass is 10.3. The molecule has 1 rings (SSSR count). The lowest BCUT2D eigenvalue weighted by Crippen LogP contribution is -2.31. The first-order valence-electron chi connectivity index (χ1n) is 4.35. The SMILES string of the molecule is C=C(CNC)Cn1cc(Br)c(=O)[nH]c1=O. The van der Waals surface area contributed by atoms with Gasteiger partial charge in [0.1, 0.15) is 0 Å². The molecule has 0 saturated carbocycles. The largest absolute Gasteiger partial charge is 0.328 e. The number of nitrogens with zero attached hydrogens (tertiary/aromatic N) is 1. The Morgan fingerprint density at radius 3 is 2.93 bits per heavy atom. The molecule has 0 atom stereocenters. The van der Waals surface area contributed by atoms with Crippen LogP contribution in [0.25, 0.3) is 0 Å². The maximum atomic E-state index is 11.4. The predicted molar refractivity (Wildman–Crippen MR) is 62.1 cm³/mol. The fourth-order valence-electron chi connectivity index (χ4n) is 1.15. The van der Waals surface area contributed by atoms with Gasteiger partial charge in [-0.25, -0.2) is 4.79 Å². The third-order valence-electron chi connectivity index (χ3n) is 1.79. The maximum absolute atomic E-state index is 11.4. The molecule has 0 saturated heterocycles. The van der Waals surface area contributed by atoms with Crippen molar-refractivity contribution >= 4 is 15.9 Å². The highest BCUT2D eigenvalue weighted by molar-refractivity contribution is 9.10. The quantitative estimate of drug-likeness (QED) is 0.764. The third-order valence-corrected chi connectivity index (χ3v) is 2.35. The lowest BCUT2D eigenvalue weighted by Gasteiger charge is -2.07. The van der Waals surface area contributed by atoms with Gasteiger partial charge in [-0.1, -0.05) is 6.58 Å². The van der Waals surface area contributed by atoms with Crippen LogP contribution in [-0.2, 0) is 6.54 Å². The van der Waals surface area contributed by atoms with E-state index in [-0.39, 0.29) is 0 Å². The van der Waals surface area contributed by atoms with Gasteiger partial charge in [0.15, 0.2) is 0 Å². The number of halogens is 1. The topological polar surface area (TPSA) is 66.9 Å². The summed E-state index contributed by atoms with van der Waals surface area (Å²) in [6.45, 7) is 4.82. The average molecular weight is 274 g/mol. The molecule has 0 bridgehead atoms. The van der Waals surface area contributed by atoms with Gasteiger partial charge in [0.25, 0.3) is 5.56 Å². The van der Waals surface area contributed by atoms with E-state index in [0.717, 1.165) is 5.57 Å². The maximum Gasteiger partial charge on any atom is 0.328 e. The van der Waals surface area contributed by atoms with Gasteiger partial charge in [-0.05, 0) is 28.6 Å². The molecule has 1 heterocycles. The van der Waals surface area contributed by atoms with E-state index >= 15 is 0 Å². The molecule has 0 spiro atoms. The minimum Gasteiger partial charge on any atom is -0.316 e. The van der Waals surface area contributed by atoms with Crippen LogP contribution in [-0.4, -0.2) is 23.1 Å². The van der Waals surface area contributed by atoms with Gasteiger partial charge >= 0.3 is 5.69 Å². The summed E-state index contributed by atoms with van der Waals surface area (Å²) in [5.41, 5.74) is 0.00878. The van der Waals surface area contributed by atoms with E-state index < -0.39 is 11.2 Å². The second-order valence-corrected chi connectivity index (χ2v) is 4.00. The number of nitrogens with one attached hydrogen (secondary N) is 2. The highest BCUT2D eigenvalue weighted by Crippen LogP contribution is 1.99. The Balaban J connectivity index is 2.96. The van der Waals surface area contributed by atoms with Crippen LogP contribution in [0.3, 0.4) is 0 Å². The predicted octanol–water partition coefficient (Wildman–Crippen LogP) is 0.0747. The normalized spacial score (nSPS) is 10.3. The van der Waals surface area contributed by atoms with E-state index in [1.807, 2.05) is 0 Å². The van der Waals surface area contributed by atoms with E-state index in [4.69, 9.17) is 0 Å². The van der Waals surface area contributed by atoms with Gasteiger partial charge in [0.05, 0.1) is 4.47 Å². The zero-order chi connectivity index (χ0) is 11.4. The zero-order valence-electron chi connectivity index (χ0n) is 8.34. The van der Waals surface area contributed by atoms with Crippen LogP contribution in [0.2, 0.25) is 0 Å². The van der Waals surface area contributed by atoms with Crippen molar-refractivity contribution in [3.05, 3.63) is 43.7 Å². The Kier molecular flexibility index (Phi) is 4.05. The van der Waals surface area contributed by atoms with E-state index in [2.05, 4.69) is 32.8 Å². The third kappa shape index (κ3) is 3.17. The molecule has 0 aliphatic rings. The number of hydrogen-bond acceptors (Lipinski definition) is 3. The molecule has 0 unspecified atom stereocenters. The smallest absolute Gasteiger partial charge is 0.316 e. The minimum absolute atomic E-state index is 0.333. The summed E-state index contributed by atoms with van der Waals surface area (Å²) in [7, 11) is 1.80. The molecule has 0 aliphatic carbocycles. The molecule has 2 N–H and O–H groups in total. The summed E-state index contributed by atoms with van der Waals surface area (Å²) in [6.07, 6.45) is 1.46. The summed E-state index contributed by atoms with van der Waals surface area (Å²) in [5.74, 6) is 0. The first-order chi connectivity index (χ1) is 7.04. The molecular formula is C9H12BrN3O2. The molecule has 1 aromatic rings. The van der Waals surface area contributed by atoms with Crippen LogP contribution >= 0.6 is 15.9 Å². The first-order valence-corrected chi connectivity index (χ1v) is 5.14. The molecule has 1 aromatic heterocycles. The zero-order valence-corrected chi connectivity index (χ0v) is 9.93. The molecule has 82 valence electrons. The van der Waals surface area contributed by atoms with E-state index in [9.17, 15) is 9.59 Å². The second-order valence-electron chi connectivity index (χ2n) is 3.14. The van der Waals surface area contributed by atoms with Crippen molar-refractivity contribution in [3.8, 4) is 0 Å². The molecular weight excluding hydrogens is 262 g/mol. The average Bonchev–Trinajstić information content (AvgIpc) is 2.14. The summed E-state index contributed by atoms with van der Waals surface area (Å²) in [4.78, 5) is 24.6. The monoisotopic (exact) mass is 273 g/mol. The summed E-state index contributed by atoms with van der Waals surface area (Å²) in [5, 5.41) is 2.93. The fourth-order valence-corrected chi connectivity index (χ4v) is 1.49. The molecule has 0 amide bonds. The van der Waals surface area contributed by atoms with Gasteiger partial charge in [-0.3, -0.25) is 14.3 Å². The van der Waals surface area contributed by atoms with Crippen LogP contribution in [0.15, 0.2) is 32.4 Å². The highest BCUT2D eigenvalue weighted by Gasteiger charge is 2.02. The van der Waals surface area contributed by atoms with Crippen molar-refractivity contribution in [3.63, 3.8) is 0 Å². The number of hydrogen-bond donors (Lipinski definition) is 2. The summed E-state index contributed by atoms with van der Waals surface area (Å²) < 4.78 is 1.73. The van der Waals surface area contributed by atoms with E-state index in [1.165, 1.54) is 10.8 Å². The van der Waals surface area contributed by atoms with Crippen LogP contribution in [0.4, 0.5) is 0 Å². The Morgan fingerprint density at radius 1 is 1.67 bits per heavy atom. The number of aromatic nitrogens is 2. The first kappa shape index (κ1) is 11.9. The fraction of sp³-hybridized carbons (Fsp3) is 0.333. The van der Waals surface area contributed by atoms with E-state index in [0.29, 0.717) is 17.6 Å². The summed E-state index contributed by atoms with van der Waals surface area (Å²) >= 11 is 3.06. The highest BCUT2D eigenvalue weighted by atomic mass is 79.9. The number of aromatic amines is 1. The molecule has 0 aliphatic heterocycles. The number of rotatable bonds is 4. The van der Waals surface area contributed by atoms with Crippen molar-refractivity contribution in [2.45, 2.75) is 6.54 Å².